The van der Waals surface area contributed by atoms with Gasteiger partial charge in [0, 0.05) is 19.6 Å². The number of hydrogen-bond donors (Lipinski definition) is 1. The average molecular weight is 235 g/mol. The summed E-state index contributed by atoms with van der Waals surface area (Å²) >= 11 is 0. The van der Waals surface area contributed by atoms with Gasteiger partial charge in [0.2, 0.25) is 0 Å². The first-order valence-electron chi connectivity index (χ1n) is 6.66. The van der Waals surface area contributed by atoms with Crippen molar-refractivity contribution >= 4 is 0 Å². The molecule has 3 heterocycles. The third-order valence-corrected chi connectivity index (χ3v) is 3.96. The van der Waals surface area contributed by atoms with Crippen molar-refractivity contribution in [2.75, 3.05) is 26.2 Å². The second kappa shape index (κ2) is 4.74. The van der Waals surface area contributed by atoms with Crippen LogP contribution in [0.1, 0.15) is 19.2 Å². The van der Waals surface area contributed by atoms with Gasteiger partial charge in [-0.15, -0.1) is 0 Å². The van der Waals surface area contributed by atoms with Crippen LogP contribution in [0.5, 0.6) is 0 Å². The van der Waals surface area contributed by atoms with E-state index >= 15 is 0 Å². The maximum Gasteiger partial charge on any atom is 0.141 e. The first-order chi connectivity index (χ1) is 8.36. The highest BCUT2D eigenvalue weighted by Crippen LogP contribution is 2.26. The minimum absolute atomic E-state index is 0.859. The summed E-state index contributed by atoms with van der Waals surface area (Å²) in [5, 5.41) is 7.76. The van der Waals surface area contributed by atoms with Gasteiger partial charge >= 0.3 is 0 Å². The number of rotatable bonds is 4. The van der Waals surface area contributed by atoms with Crippen molar-refractivity contribution in [1.29, 1.82) is 0 Å². The lowest BCUT2D eigenvalue weighted by molar-refractivity contribution is 0.290. The van der Waals surface area contributed by atoms with Crippen LogP contribution >= 0.6 is 0 Å². The summed E-state index contributed by atoms with van der Waals surface area (Å²) in [6, 6.07) is 0. The lowest BCUT2D eigenvalue weighted by atomic mass is 10.0. The summed E-state index contributed by atoms with van der Waals surface area (Å²) in [5.74, 6) is 2.84. The molecule has 0 bridgehead atoms. The first-order valence-corrected chi connectivity index (χ1v) is 6.66. The molecule has 17 heavy (non-hydrogen) atoms. The summed E-state index contributed by atoms with van der Waals surface area (Å²) in [5.41, 5.74) is 0. The smallest absolute Gasteiger partial charge is 0.141 e. The molecule has 1 N–H and O–H groups in total. The van der Waals surface area contributed by atoms with Gasteiger partial charge in [0.15, 0.2) is 0 Å². The average Bonchev–Trinajstić information content (AvgIpc) is 2.95. The van der Waals surface area contributed by atoms with Crippen LogP contribution < -0.4 is 5.32 Å². The number of nitrogens with zero attached hydrogens (tertiary/aromatic N) is 4. The highest BCUT2D eigenvalue weighted by molar-refractivity contribution is 4.94. The third kappa shape index (κ3) is 2.21. The molecule has 2 saturated heterocycles. The summed E-state index contributed by atoms with van der Waals surface area (Å²) in [6.07, 6.45) is 2.80. The standard InChI is InChI=1S/C12H21N5/c1-2-3-17-12(14-9-15-17)8-16-6-10-4-13-5-11(10)7-16/h9-11,13H,2-8H2,1H3/t10-,11+. The van der Waals surface area contributed by atoms with E-state index in [2.05, 4.69) is 27.2 Å². The fourth-order valence-electron chi connectivity index (χ4n) is 3.09. The maximum atomic E-state index is 4.39. The normalized spacial score (nSPS) is 28.8. The predicted octanol–water partition coefficient (Wildman–Crippen LogP) is 0.339. The van der Waals surface area contributed by atoms with Crippen LogP contribution in [0.2, 0.25) is 0 Å². The monoisotopic (exact) mass is 235 g/mol. The molecule has 0 aromatic carbocycles. The Morgan fingerprint density at radius 3 is 2.82 bits per heavy atom. The molecule has 2 atom stereocenters. The van der Waals surface area contributed by atoms with E-state index in [9.17, 15) is 0 Å². The second-order valence-electron chi connectivity index (χ2n) is 5.27. The number of aryl methyl sites for hydroxylation is 1. The van der Waals surface area contributed by atoms with Crippen LogP contribution in [0, 0.1) is 11.8 Å². The van der Waals surface area contributed by atoms with Crippen molar-refractivity contribution < 1.29 is 0 Å². The highest BCUT2D eigenvalue weighted by atomic mass is 15.3. The van der Waals surface area contributed by atoms with Gasteiger partial charge in [-0.2, -0.15) is 5.10 Å². The van der Waals surface area contributed by atoms with Crippen molar-refractivity contribution in [3.05, 3.63) is 12.2 Å². The zero-order valence-electron chi connectivity index (χ0n) is 10.5. The molecule has 0 spiro atoms. The van der Waals surface area contributed by atoms with Gasteiger partial charge in [0.25, 0.3) is 0 Å². The molecular weight excluding hydrogens is 214 g/mol. The molecular formula is C12H21N5. The van der Waals surface area contributed by atoms with Gasteiger partial charge in [-0.05, 0) is 31.3 Å². The van der Waals surface area contributed by atoms with Gasteiger partial charge in [-0.1, -0.05) is 6.92 Å². The molecule has 0 aliphatic carbocycles. The van der Waals surface area contributed by atoms with E-state index in [1.54, 1.807) is 6.33 Å². The summed E-state index contributed by atoms with van der Waals surface area (Å²) in [7, 11) is 0. The van der Waals surface area contributed by atoms with Gasteiger partial charge in [-0.3, -0.25) is 4.90 Å². The lowest BCUT2D eigenvalue weighted by Crippen LogP contribution is -2.27. The van der Waals surface area contributed by atoms with Crippen molar-refractivity contribution in [3.8, 4) is 0 Å². The maximum absolute atomic E-state index is 4.39. The number of fused-ring (bicyclic) bond motifs is 1. The van der Waals surface area contributed by atoms with Crippen molar-refractivity contribution in [1.82, 2.24) is 25.0 Å². The molecule has 2 fully saturated rings. The minimum Gasteiger partial charge on any atom is -0.316 e. The SMILES string of the molecule is CCCn1ncnc1CN1C[C@H]2CNC[C@H]2C1. The molecule has 94 valence electrons. The Morgan fingerprint density at radius 2 is 2.12 bits per heavy atom. The number of likely N-dealkylation sites (tertiary alicyclic amines) is 1. The second-order valence-corrected chi connectivity index (χ2v) is 5.27. The fraction of sp³-hybridized carbons (Fsp3) is 0.833. The molecule has 1 aromatic heterocycles. The van der Waals surface area contributed by atoms with Crippen LogP contribution in [0.15, 0.2) is 6.33 Å². The van der Waals surface area contributed by atoms with Crippen molar-refractivity contribution in [2.24, 2.45) is 11.8 Å². The van der Waals surface area contributed by atoms with Crippen LogP contribution in [-0.4, -0.2) is 45.8 Å². The summed E-state index contributed by atoms with van der Waals surface area (Å²) < 4.78 is 2.05. The Balaban J connectivity index is 1.61. The lowest BCUT2D eigenvalue weighted by Gasteiger charge is -2.16. The molecule has 2 aliphatic rings. The van der Waals surface area contributed by atoms with E-state index in [1.807, 2.05) is 4.68 Å². The Bertz CT molecular complexity index is 363. The molecule has 2 aliphatic heterocycles. The highest BCUT2D eigenvalue weighted by Gasteiger charge is 2.36. The van der Waals surface area contributed by atoms with Crippen LogP contribution in [0.3, 0.4) is 0 Å². The Hall–Kier alpha value is -0.940. The summed E-state index contributed by atoms with van der Waals surface area (Å²) in [6.45, 7) is 8.96. The van der Waals surface area contributed by atoms with Crippen LogP contribution in [-0.2, 0) is 13.1 Å². The number of nitrogens with one attached hydrogen (secondary N) is 1. The Kier molecular flexibility index (Phi) is 3.11. The molecule has 0 unspecified atom stereocenters. The zero-order chi connectivity index (χ0) is 11.7. The van der Waals surface area contributed by atoms with Crippen LogP contribution in [0.25, 0.3) is 0 Å². The summed E-state index contributed by atoms with van der Waals surface area (Å²) in [4.78, 5) is 6.92. The molecule has 3 rings (SSSR count). The molecule has 0 amide bonds. The van der Waals surface area contributed by atoms with E-state index in [0.717, 1.165) is 37.2 Å². The van der Waals surface area contributed by atoms with Crippen LogP contribution in [0.4, 0.5) is 0 Å². The van der Waals surface area contributed by atoms with E-state index in [1.165, 1.54) is 26.2 Å². The quantitative estimate of drug-likeness (QED) is 0.817. The number of aromatic nitrogens is 3. The Labute approximate surface area is 102 Å². The van der Waals surface area contributed by atoms with Gasteiger partial charge in [-0.25, -0.2) is 9.67 Å². The van der Waals surface area contributed by atoms with Gasteiger partial charge in [0.1, 0.15) is 12.2 Å². The Morgan fingerprint density at radius 1 is 1.35 bits per heavy atom. The molecule has 5 heteroatoms. The van der Waals surface area contributed by atoms with E-state index in [-0.39, 0.29) is 0 Å². The van der Waals surface area contributed by atoms with E-state index in [0.29, 0.717) is 0 Å². The van der Waals surface area contributed by atoms with E-state index in [4.69, 9.17) is 0 Å². The minimum atomic E-state index is 0.859. The topological polar surface area (TPSA) is 46.0 Å². The fourth-order valence-corrected chi connectivity index (χ4v) is 3.09. The third-order valence-electron chi connectivity index (χ3n) is 3.96. The number of hydrogen-bond acceptors (Lipinski definition) is 4. The first kappa shape index (κ1) is 11.2. The molecule has 5 nitrogen and oxygen atoms in total. The van der Waals surface area contributed by atoms with Gasteiger partial charge in [0.05, 0.1) is 6.54 Å². The van der Waals surface area contributed by atoms with Crippen molar-refractivity contribution in [3.63, 3.8) is 0 Å². The van der Waals surface area contributed by atoms with E-state index < -0.39 is 0 Å². The molecule has 0 radical (unpaired) electrons. The van der Waals surface area contributed by atoms with Gasteiger partial charge < -0.3 is 5.32 Å². The zero-order valence-corrected chi connectivity index (χ0v) is 10.5. The van der Waals surface area contributed by atoms with Crippen molar-refractivity contribution in [2.45, 2.75) is 26.4 Å². The molecule has 0 saturated carbocycles. The predicted molar refractivity (Wildman–Crippen MR) is 65.4 cm³/mol. The molecule has 1 aromatic rings. The largest absolute Gasteiger partial charge is 0.316 e.